The summed E-state index contributed by atoms with van der Waals surface area (Å²) in [6, 6.07) is 17.0. The van der Waals surface area contributed by atoms with Crippen molar-refractivity contribution < 1.29 is 9.32 Å². The summed E-state index contributed by atoms with van der Waals surface area (Å²) in [6.45, 7) is 4.30. The minimum atomic E-state index is -0.627. The molecule has 1 aromatic heterocycles. The summed E-state index contributed by atoms with van der Waals surface area (Å²) >= 11 is 0. The van der Waals surface area contributed by atoms with Gasteiger partial charge in [0.25, 0.3) is 5.91 Å². The molecule has 1 amide bonds. The molecule has 0 spiro atoms. The van der Waals surface area contributed by atoms with Crippen LogP contribution in [0.4, 0.5) is 5.69 Å². The Kier molecular flexibility index (Phi) is 4.57. The summed E-state index contributed by atoms with van der Waals surface area (Å²) in [5, 5.41) is 0. The lowest BCUT2D eigenvalue weighted by atomic mass is 10.1. The van der Waals surface area contributed by atoms with E-state index in [1.54, 1.807) is 11.9 Å². The molecule has 0 aliphatic rings. The number of hydrogen-bond acceptors (Lipinski definition) is 3. The first-order valence-corrected chi connectivity index (χ1v) is 8.17. The smallest absolute Gasteiger partial charge is 0.335 e. The topological polar surface area (TPSA) is 55.5 Å². The lowest BCUT2D eigenvalue weighted by Crippen LogP contribution is -2.33. The van der Waals surface area contributed by atoms with E-state index in [9.17, 15) is 9.59 Å². The SMILES string of the molecule is CCN(C(=O)c1c(-c2ccccc2)n(C)oc1=O)c1cccc(C)c1. The van der Waals surface area contributed by atoms with Gasteiger partial charge in [-0.3, -0.25) is 4.79 Å². The van der Waals surface area contributed by atoms with Crippen molar-refractivity contribution in [2.45, 2.75) is 13.8 Å². The maximum Gasteiger partial charge on any atom is 0.370 e. The second kappa shape index (κ2) is 6.81. The van der Waals surface area contributed by atoms with Crippen molar-refractivity contribution in [1.29, 1.82) is 0 Å². The summed E-state index contributed by atoms with van der Waals surface area (Å²) in [5.74, 6) is -0.360. The highest BCUT2D eigenvalue weighted by atomic mass is 16.5. The maximum atomic E-state index is 13.2. The molecule has 0 aliphatic carbocycles. The normalized spacial score (nSPS) is 10.7. The molecule has 3 aromatic rings. The predicted octanol–water partition coefficient (Wildman–Crippen LogP) is 3.62. The highest BCUT2D eigenvalue weighted by Crippen LogP contribution is 2.25. The van der Waals surface area contributed by atoms with E-state index in [1.807, 2.05) is 68.4 Å². The number of aromatic nitrogens is 1. The van der Waals surface area contributed by atoms with Gasteiger partial charge < -0.3 is 9.42 Å². The van der Waals surface area contributed by atoms with Crippen molar-refractivity contribution in [3.05, 3.63) is 76.1 Å². The Labute approximate surface area is 146 Å². The van der Waals surface area contributed by atoms with Crippen LogP contribution in [0.1, 0.15) is 22.8 Å². The Morgan fingerprint density at radius 1 is 1.12 bits per heavy atom. The summed E-state index contributed by atoms with van der Waals surface area (Å²) in [7, 11) is 1.63. The maximum absolute atomic E-state index is 13.2. The minimum absolute atomic E-state index is 0.0528. The van der Waals surface area contributed by atoms with Gasteiger partial charge in [0.15, 0.2) is 5.56 Å². The lowest BCUT2D eigenvalue weighted by molar-refractivity contribution is 0.0986. The van der Waals surface area contributed by atoms with Gasteiger partial charge in [0.2, 0.25) is 0 Å². The number of anilines is 1. The van der Waals surface area contributed by atoms with E-state index in [0.717, 1.165) is 16.8 Å². The van der Waals surface area contributed by atoms with Crippen LogP contribution in [-0.4, -0.2) is 17.2 Å². The largest absolute Gasteiger partial charge is 0.370 e. The molecule has 25 heavy (non-hydrogen) atoms. The Balaban J connectivity index is 2.13. The Morgan fingerprint density at radius 2 is 1.84 bits per heavy atom. The second-order valence-corrected chi connectivity index (χ2v) is 5.85. The third-order valence-electron chi connectivity index (χ3n) is 4.11. The minimum Gasteiger partial charge on any atom is -0.335 e. The molecular weight excluding hydrogens is 316 g/mol. The average Bonchev–Trinajstić information content (AvgIpc) is 2.90. The average molecular weight is 336 g/mol. The number of hydrogen-bond donors (Lipinski definition) is 0. The first-order chi connectivity index (χ1) is 12.0. The quantitative estimate of drug-likeness (QED) is 0.731. The van der Waals surface area contributed by atoms with Crippen molar-refractivity contribution in [2.75, 3.05) is 11.4 Å². The molecule has 0 fully saturated rings. The molecule has 0 radical (unpaired) electrons. The van der Waals surface area contributed by atoms with Crippen LogP contribution in [0, 0.1) is 6.92 Å². The van der Waals surface area contributed by atoms with E-state index in [2.05, 4.69) is 0 Å². The van der Waals surface area contributed by atoms with Crippen molar-refractivity contribution in [3.63, 3.8) is 0 Å². The monoisotopic (exact) mass is 336 g/mol. The molecule has 0 aliphatic heterocycles. The third kappa shape index (κ3) is 3.13. The van der Waals surface area contributed by atoms with E-state index in [0.29, 0.717) is 12.2 Å². The van der Waals surface area contributed by atoms with E-state index in [1.165, 1.54) is 4.74 Å². The summed E-state index contributed by atoms with van der Waals surface area (Å²) in [5.41, 5.74) is 2.48. The summed E-state index contributed by atoms with van der Waals surface area (Å²) in [6.07, 6.45) is 0. The van der Waals surface area contributed by atoms with Gasteiger partial charge in [-0.15, -0.1) is 0 Å². The van der Waals surface area contributed by atoms with Crippen molar-refractivity contribution in [2.24, 2.45) is 7.05 Å². The van der Waals surface area contributed by atoms with Crippen LogP contribution in [0.25, 0.3) is 11.3 Å². The van der Waals surface area contributed by atoms with Gasteiger partial charge in [-0.2, -0.15) is 0 Å². The zero-order valence-corrected chi connectivity index (χ0v) is 14.5. The van der Waals surface area contributed by atoms with E-state index in [4.69, 9.17) is 4.52 Å². The van der Waals surface area contributed by atoms with E-state index < -0.39 is 5.63 Å². The Morgan fingerprint density at radius 3 is 2.48 bits per heavy atom. The van der Waals surface area contributed by atoms with Gasteiger partial charge in [-0.1, -0.05) is 42.5 Å². The highest BCUT2D eigenvalue weighted by Gasteiger charge is 2.28. The van der Waals surface area contributed by atoms with Gasteiger partial charge >= 0.3 is 5.63 Å². The van der Waals surface area contributed by atoms with Crippen LogP contribution in [0.15, 0.2) is 63.9 Å². The number of carbonyl (C=O) groups excluding carboxylic acids is 1. The van der Waals surface area contributed by atoms with E-state index >= 15 is 0 Å². The predicted molar refractivity (Wildman–Crippen MR) is 97.9 cm³/mol. The van der Waals surface area contributed by atoms with Gasteiger partial charge in [-0.25, -0.2) is 9.53 Å². The number of nitrogens with zero attached hydrogens (tertiary/aromatic N) is 2. The number of rotatable bonds is 4. The molecule has 0 saturated heterocycles. The first-order valence-electron chi connectivity index (χ1n) is 8.17. The first kappa shape index (κ1) is 16.8. The fourth-order valence-corrected chi connectivity index (χ4v) is 2.95. The van der Waals surface area contributed by atoms with Crippen LogP contribution in [-0.2, 0) is 7.05 Å². The zero-order chi connectivity index (χ0) is 18.0. The van der Waals surface area contributed by atoms with Gasteiger partial charge in [0.05, 0.1) is 0 Å². The summed E-state index contributed by atoms with van der Waals surface area (Å²) in [4.78, 5) is 27.1. The highest BCUT2D eigenvalue weighted by molar-refractivity contribution is 6.09. The van der Waals surface area contributed by atoms with Crippen LogP contribution in [0.5, 0.6) is 0 Å². The van der Waals surface area contributed by atoms with Crippen LogP contribution < -0.4 is 10.5 Å². The Bertz CT molecular complexity index is 955. The molecule has 0 bridgehead atoms. The van der Waals surface area contributed by atoms with Crippen molar-refractivity contribution in [3.8, 4) is 11.3 Å². The van der Waals surface area contributed by atoms with Gasteiger partial charge in [0, 0.05) is 24.8 Å². The van der Waals surface area contributed by atoms with Gasteiger partial charge in [0.1, 0.15) is 5.69 Å². The van der Waals surface area contributed by atoms with Crippen LogP contribution >= 0.6 is 0 Å². The molecule has 0 saturated carbocycles. The molecule has 128 valence electrons. The molecular formula is C20H20N2O3. The van der Waals surface area contributed by atoms with Gasteiger partial charge in [-0.05, 0) is 31.5 Å². The van der Waals surface area contributed by atoms with Crippen LogP contribution in [0.2, 0.25) is 0 Å². The lowest BCUT2D eigenvalue weighted by Gasteiger charge is -2.21. The molecule has 0 N–H and O–H groups in total. The molecule has 0 unspecified atom stereocenters. The molecule has 5 heteroatoms. The standard InChI is InChI=1S/C20H20N2O3/c1-4-22(16-12-8-9-14(2)13-16)19(23)17-18(21(3)25-20(17)24)15-10-6-5-7-11-15/h5-13H,4H2,1-3H3. The molecule has 3 rings (SSSR count). The zero-order valence-electron chi connectivity index (χ0n) is 14.5. The fourth-order valence-electron chi connectivity index (χ4n) is 2.95. The second-order valence-electron chi connectivity index (χ2n) is 5.85. The molecule has 0 atom stereocenters. The number of amides is 1. The van der Waals surface area contributed by atoms with Crippen molar-refractivity contribution >= 4 is 11.6 Å². The van der Waals surface area contributed by atoms with E-state index in [-0.39, 0.29) is 11.5 Å². The van der Waals surface area contributed by atoms with Crippen molar-refractivity contribution in [1.82, 2.24) is 4.74 Å². The number of aryl methyl sites for hydroxylation is 2. The van der Waals surface area contributed by atoms with Crippen LogP contribution in [0.3, 0.4) is 0 Å². The molecule has 5 nitrogen and oxygen atoms in total. The fraction of sp³-hybridized carbons (Fsp3) is 0.200. The number of benzene rings is 2. The molecule has 1 heterocycles. The third-order valence-corrected chi connectivity index (χ3v) is 4.11. The number of carbonyl (C=O) groups is 1. The summed E-state index contributed by atoms with van der Waals surface area (Å²) < 4.78 is 6.55. The molecule has 2 aromatic carbocycles. The Hall–Kier alpha value is -3.08.